The zero-order valence-corrected chi connectivity index (χ0v) is 9.74. The Morgan fingerprint density at radius 3 is 2.69 bits per heavy atom. The van der Waals surface area contributed by atoms with Gasteiger partial charge in [-0.2, -0.15) is 0 Å². The number of fused-ring (bicyclic) bond motifs is 1. The van der Waals surface area contributed by atoms with E-state index in [1.807, 2.05) is 0 Å². The van der Waals surface area contributed by atoms with Crippen molar-refractivity contribution in [2.45, 2.75) is 39.0 Å². The molecule has 1 saturated carbocycles. The van der Waals surface area contributed by atoms with Crippen LogP contribution in [0, 0.1) is 11.3 Å². The number of rotatable bonds is 1. The fourth-order valence-corrected chi connectivity index (χ4v) is 3.22. The monoisotopic (exact) mass is 225 g/mol. The van der Waals surface area contributed by atoms with E-state index in [0.717, 1.165) is 32.1 Å². The summed E-state index contributed by atoms with van der Waals surface area (Å²) in [4.78, 5) is 24.6. The summed E-state index contributed by atoms with van der Waals surface area (Å²) in [7, 11) is 0. The molecule has 90 valence electrons. The highest BCUT2D eigenvalue weighted by Crippen LogP contribution is 2.45. The van der Waals surface area contributed by atoms with Gasteiger partial charge in [0.2, 0.25) is 5.91 Å². The third-order valence-corrected chi connectivity index (χ3v) is 4.24. The Morgan fingerprint density at radius 2 is 2.06 bits per heavy atom. The van der Waals surface area contributed by atoms with E-state index < -0.39 is 11.4 Å². The SMILES string of the molecule is CC(=O)N1CC2CCCCCC2(C(=O)O)C1. The first-order chi connectivity index (χ1) is 7.56. The molecule has 1 heterocycles. The van der Waals surface area contributed by atoms with E-state index in [4.69, 9.17) is 0 Å². The third kappa shape index (κ3) is 1.70. The maximum Gasteiger partial charge on any atom is 0.311 e. The summed E-state index contributed by atoms with van der Waals surface area (Å²) in [6.45, 7) is 2.59. The molecular formula is C12H19NO3. The summed E-state index contributed by atoms with van der Waals surface area (Å²) in [5.74, 6) is -0.534. The Morgan fingerprint density at radius 1 is 1.31 bits per heavy atom. The largest absolute Gasteiger partial charge is 0.481 e. The van der Waals surface area contributed by atoms with Crippen molar-refractivity contribution in [3.8, 4) is 0 Å². The number of hydrogen-bond acceptors (Lipinski definition) is 2. The number of carboxylic acids is 1. The van der Waals surface area contributed by atoms with Crippen LogP contribution < -0.4 is 0 Å². The van der Waals surface area contributed by atoms with E-state index in [1.165, 1.54) is 6.92 Å². The van der Waals surface area contributed by atoms with Gasteiger partial charge >= 0.3 is 5.97 Å². The molecule has 1 amide bonds. The number of aliphatic carboxylic acids is 1. The molecule has 1 aliphatic heterocycles. The predicted octanol–water partition coefficient (Wildman–Crippen LogP) is 1.50. The average molecular weight is 225 g/mol. The Hall–Kier alpha value is -1.06. The lowest BCUT2D eigenvalue weighted by Gasteiger charge is -2.27. The van der Waals surface area contributed by atoms with Crippen LogP contribution in [-0.4, -0.2) is 35.0 Å². The molecule has 1 saturated heterocycles. The minimum atomic E-state index is -0.705. The second-order valence-electron chi connectivity index (χ2n) is 5.16. The fraction of sp³-hybridized carbons (Fsp3) is 0.833. The molecule has 4 nitrogen and oxygen atoms in total. The van der Waals surface area contributed by atoms with Crippen molar-refractivity contribution in [1.29, 1.82) is 0 Å². The number of nitrogens with zero attached hydrogens (tertiary/aromatic N) is 1. The van der Waals surface area contributed by atoms with E-state index in [0.29, 0.717) is 13.1 Å². The van der Waals surface area contributed by atoms with Crippen LogP contribution in [0.3, 0.4) is 0 Å². The molecule has 16 heavy (non-hydrogen) atoms. The minimum absolute atomic E-state index is 0.00805. The maximum absolute atomic E-state index is 11.5. The van der Waals surface area contributed by atoms with Crippen LogP contribution in [0.2, 0.25) is 0 Å². The average Bonchev–Trinajstić information content (AvgIpc) is 2.48. The summed E-state index contributed by atoms with van der Waals surface area (Å²) in [5.41, 5.74) is -0.651. The smallest absolute Gasteiger partial charge is 0.311 e. The van der Waals surface area contributed by atoms with E-state index in [9.17, 15) is 14.7 Å². The summed E-state index contributed by atoms with van der Waals surface area (Å²) < 4.78 is 0. The number of amides is 1. The Labute approximate surface area is 95.6 Å². The molecule has 0 aromatic rings. The molecule has 4 heteroatoms. The lowest BCUT2D eigenvalue weighted by atomic mass is 9.74. The van der Waals surface area contributed by atoms with Crippen molar-refractivity contribution in [1.82, 2.24) is 4.90 Å². The number of carbonyl (C=O) groups is 2. The molecule has 0 bridgehead atoms. The summed E-state index contributed by atoms with van der Waals surface area (Å²) in [6.07, 6.45) is 4.90. The van der Waals surface area contributed by atoms with Crippen LogP contribution in [-0.2, 0) is 9.59 Å². The lowest BCUT2D eigenvalue weighted by Crippen LogP contribution is -2.39. The number of carbonyl (C=O) groups excluding carboxylic acids is 1. The van der Waals surface area contributed by atoms with Crippen LogP contribution in [0.5, 0.6) is 0 Å². The van der Waals surface area contributed by atoms with Gasteiger partial charge in [-0.1, -0.05) is 19.3 Å². The van der Waals surface area contributed by atoms with Crippen molar-refractivity contribution in [3.05, 3.63) is 0 Å². The van der Waals surface area contributed by atoms with Crippen LogP contribution in [0.25, 0.3) is 0 Å². The summed E-state index contributed by atoms with van der Waals surface area (Å²) in [6, 6.07) is 0. The normalized spacial score (nSPS) is 34.3. The first kappa shape index (κ1) is 11.4. The zero-order valence-electron chi connectivity index (χ0n) is 9.74. The second kappa shape index (κ2) is 4.07. The molecule has 0 aromatic heterocycles. The fourth-order valence-electron chi connectivity index (χ4n) is 3.22. The molecule has 1 N–H and O–H groups in total. The van der Waals surface area contributed by atoms with Gasteiger partial charge in [-0.3, -0.25) is 9.59 Å². The van der Waals surface area contributed by atoms with E-state index in [1.54, 1.807) is 4.90 Å². The van der Waals surface area contributed by atoms with Gasteiger partial charge in [0, 0.05) is 20.0 Å². The highest BCUT2D eigenvalue weighted by molar-refractivity contribution is 5.80. The Balaban J connectivity index is 2.25. The lowest BCUT2D eigenvalue weighted by molar-refractivity contribution is -0.151. The van der Waals surface area contributed by atoms with Gasteiger partial charge in [0.25, 0.3) is 0 Å². The predicted molar refractivity (Wildman–Crippen MR) is 58.9 cm³/mol. The van der Waals surface area contributed by atoms with E-state index in [-0.39, 0.29) is 11.8 Å². The molecule has 2 atom stereocenters. The van der Waals surface area contributed by atoms with Gasteiger partial charge in [-0.05, 0) is 18.8 Å². The maximum atomic E-state index is 11.5. The van der Waals surface area contributed by atoms with Crippen molar-refractivity contribution in [2.24, 2.45) is 11.3 Å². The van der Waals surface area contributed by atoms with Gasteiger partial charge in [-0.15, -0.1) is 0 Å². The Kier molecular flexibility index (Phi) is 2.91. The molecule has 2 fully saturated rings. The third-order valence-electron chi connectivity index (χ3n) is 4.24. The molecule has 1 aliphatic carbocycles. The van der Waals surface area contributed by atoms with Crippen molar-refractivity contribution in [3.63, 3.8) is 0 Å². The van der Waals surface area contributed by atoms with Crippen LogP contribution >= 0.6 is 0 Å². The van der Waals surface area contributed by atoms with Gasteiger partial charge in [0.05, 0.1) is 5.41 Å². The standard InChI is InChI=1S/C12H19NO3/c1-9(14)13-7-10-5-3-2-4-6-12(10,8-13)11(15)16/h10H,2-8H2,1H3,(H,15,16). The second-order valence-corrected chi connectivity index (χ2v) is 5.16. The zero-order chi connectivity index (χ0) is 11.8. The molecule has 0 spiro atoms. The van der Waals surface area contributed by atoms with Crippen LogP contribution in [0.1, 0.15) is 39.0 Å². The number of hydrogen-bond donors (Lipinski definition) is 1. The highest BCUT2D eigenvalue weighted by atomic mass is 16.4. The molecule has 0 radical (unpaired) electrons. The first-order valence-corrected chi connectivity index (χ1v) is 6.05. The molecule has 2 unspecified atom stereocenters. The first-order valence-electron chi connectivity index (χ1n) is 6.05. The Bertz CT molecular complexity index is 315. The number of carboxylic acid groups (broad SMARTS) is 1. The van der Waals surface area contributed by atoms with Gasteiger partial charge < -0.3 is 10.0 Å². The van der Waals surface area contributed by atoms with Crippen molar-refractivity contribution >= 4 is 11.9 Å². The summed E-state index contributed by atoms with van der Waals surface area (Å²) >= 11 is 0. The van der Waals surface area contributed by atoms with E-state index in [2.05, 4.69) is 0 Å². The molecule has 2 rings (SSSR count). The van der Waals surface area contributed by atoms with E-state index >= 15 is 0 Å². The molecule has 0 aromatic carbocycles. The van der Waals surface area contributed by atoms with Gasteiger partial charge in [0.1, 0.15) is 0 Å². The van der Waals surface area contributed by atoms with Crippen LogP contribution in [0.4, 0.5) is 0 Å². The molecule has 2 aliphatic rings. The highest BCUT2D eigenvalue weighted by Gasteiger charge is 2.52. The summed E-state index contributed by atoms with van der Waals surface area (Å²) in [5, 5.41) is 9.49. The van der Waals surface area contributed by atoms with Gasteiger partial charge in [-0.25, -0.2) is 0 Å². The van der Waals surface area contributed by atoms with Crippen LogP contribution in [0.15, 0.2) is 0 Å². The van der Waals surface area contributed by atoms with Crippen molar-refractivity contribution < 1.29 is 14.7 Å². The molecular weight excluding hydrogens is 206 g/mol. The van der Waals surface area contributed by atoms with Gasteiger partial charge in [0.15, 0.2) is 0 Å². The van der Waals surface area contributed by atoms with Crippen molar-refractivity contribution in [2.75, 3.05) is 13.1 Å². The number of likely N-dealkylation sites (tertiary alicyclic amines) is 1. The minimum Gasteiger partial charge on any atom is -0.481 e. The quantitative estimate of drug-likeness (QED) is 0.735. The topological polar surface area (TPSA) is 57.6 Å².